The van der Waals surface area contributed by atoms with E-state index in [-0.39, 0.29) is 11.6 Å². The van der Waals surface area contributed by atoms with Gasteiger partial charge >= 0.3 is 0 Å². The van der Waals surface area contributed by atoms with E-state index in [9.17, 15) is 18.0 Å². The standard InChI is InChI=1S/C12H11NO4S2/c14-10-7-19(16,17)13(9-5-6-18-11(9)10)12(15)8-3-1-2-4-8/h1-2,5-6,8H,3-4,7H2. The van der Waals surface area contributed by atoms with E-state index in [2.05, 4.69) is 0 Å². The number of amides is 1. The van der Waals surface area contributed by atoms with Crippen LogP contribution in [0.25, 0.3) is 0 Å². The molecule has 5 nitrogen and oxygen atoms in total. The van der Waals surface area contributed by atoms with Crippen LogP contribution in [0.5, 0.6) is 0 Å². The lowest BCUT2D eigenvalue weighted by molar-refractivity contribution is -0.120. The molecule has 1 aliphatic carbocycles. The summed E-state index contributed by atoms with van der Waals surface area (Å²) in [5.41, 5.74) is 0.221. The van der Waals surface area contributed by atoms with Gasteiger partial charge in [0.2, 0.25) is 15.9 Å². The van der Waals surface area contributed by atoms with Gasteiger partial charge in [0, 0.05) is 5.92 Å². The van der Waals surface area contributed by atoms with Crippen molar-refractivity contribution in [3.63, 3.8) is 0 Å². The van der Waals surface area contributed by atoms with Gasteiger partial charge in [-0.25, -0.2) is 12.7 Å². The Balaban J connectivity index is 2.06. The number of carbonyl (C=O) groups excluding carboxylic acids is 2. The van der Waals surface area contributed by atoms with Crippen molar-refractivity contribution in [2.45, 2.75) is 12.8 Å². The lowest BCUT2D eigenvalue weighted by Gasteiger charge is -2.28. The average molecular weight is 297 g/mol. The highest BCUT2D eigenvalue weighted by molar-refractivity contribution is 7.94. The summed E-state index contributed by atoms with van der Waals surface area (Å²) in [5.74, 6) is -1.82. The van der Waals surface area contributed by atoms with Gasteiger partial charge < -0.3 is 0 Å². The fourth-order valence-corrected chi connectivity index (χ4v) is 4.80. The molecule has 1 aromatic heterocycles. The molecule has 1 aliphatic heterocycles. The van der Waals surface area contributed by atoms with Gasteiger partial charge in [0.15, 0.2) is 5.78 Å². The number of allylic oxidation sites excluding steroid dienone is 2. The third-order valence-corrected chi connectivity index (χ3v) is 5.77. The number of nitrogens with zero attached hydrogens (tertiary/aromatic N) is 1. The van der Waals surface area contributed by atoms with Crippen molar-refractivity contribution in [1.29, 1.82) is 0 Å². The van der Waals surface area contributed by atoms with Crippen molar-refractivity contribution < 1.29 is 18.0 Å². The van der Waals surface area contributed by atoms with Crippen molar-refractivity contribution in [2.24, 2.45) is 5.92 Å². The van der Waals surface area contributed by atoms with Crippen molar-refractivity contribution in [1.82, 2.24) is 0 Å². The van der Waals surface area contributed by atoms with Crippen LogP contribution < -0.4 is 4.31 Å². The van der Waals surface area contributed by atoms with Gasteiger partial charge in [0.05, 0.1) is 10.6 Å². The van der Waals surface area contributed by atoms with Crippen LogP contribution in [0.4, 0.5) is 5.69 Å². The first kappa shape index (κ1) is 12.6. The number of ketones is 1. The molecule has 2 aliphatic rings. The summed E-state index contributed by atoms with van der Waals surface area (Å²) >= 11 is 1.17. The molecule has 0 radical (unpaired) electrons. The molecule has 2 heterocycles. The van der Waals surface area contributed by atoms with Crippen molar-refractivity contribution in [3.05, 3.63) is 28.5 Å². The first-order valence-corrected chi connectivity index (χ1v) is 8.32. The van der Waals surface area contributed by atoms with Gasteiger partial charge in [-0.3, -0.25) is 9.59 Å². The van der Waals surface area contributed by atoms with Crippen LogP contribution in [-0.4, -0.2) is 25.9 Å². The number of hydrogen-bond donors (Lipinski definition) is 0. The number of hydrogen-bond acceptors (Lipinski definition) is 5. The molecule has 1 amide bonds. The van der Waals surface area contributed by atoms with Gasteiger partial charge in [-0.15, -0.1) is 11.3 Å². The predicted molar refractivity (Wildman–Crippen MR) is 71.8 cm³/mol. The van der Waals surface area contributed by atoms with Crippen molar-refractivity contribution >= 4 is 38.7 Å². The Hall–Kier alpha value is -1.47. The smallest absolute Gasteiger partial charge is 0.249 e. The highest BCUT2D eigenvalue weighted by Gasteiger charge is 2.42. The molecular formula is C12H11NO4S2. The van der Waals surface area contributed by atoms with E-state index in [1.165, 1.54) is 17.4 Å². The Morgan fingerprint density at radius 3 is 2.68 bits per heavy atom. The maximum absolute atomic E-state index is 12.4. The van der Waals surface area contributed by atoms with Gasteiger partial charge in [0.1, 0.15) is 5.75 Å². The molecule has 0 fully saturated rings. The zero-order valence-corrected chi connectivity index (χ0v) is 11.5. The van der Waals surface area contributed by atoms with E-state index < -0.39 is 27.5 Å². The molecule has 19 heavy (non-hydrogen) atoms. The van der Waals surface area contributed by atoms with Crippen LogP contribution in [0.1, 0.15) is 22.5 Å². The van der Waals surface area contributed by atoms with Crippen LogP contribution in [-0.2, 0) is 14.8 Å². The lowest BCUT2D eigenvalue weighted by atomic mass is 10.1. The van der Waals surface area contributed by atoms with Crippen molar-refractivity contribution in [2.75, 3.05) is 10.1 Å². The van der Waals surface area contributed by atoms with E-state index >= 15 is 0 Å². The van der Waals surface area contributed by atoms with Crippen LogP contribution in [0.3, 0.4) is 0 Å². The van der Waals surface area contributed by atoms with Crippen LogP contribution >= 0.6 is 11.3 Å². The number of carbonyl (C=O) groups is 2. The lowest BCUT2D eigenvalue weighted by Crippen LogP contribution is -2.46. The highest BCUT2D eigenvalue weighted by Crippen LogP contribution is 2.36. The maximum Gasteiger partial charge on any atom is 0.249 e. The largest absolute Gasteiger partial charge is 0.292 e. The Morgan fingerprint density at radius 1 is 1.32 bits per heavy atom. The fourth-order valence-electron chi connectivity index (χ4n) is 2.36. The Labute approximate surface area is 114 Å². The second-order valence-corrected chi connectivity index (χ2v) is 7.29. The van der Waals surface area contributed by atoms with Crippen LogP contribution in [0, 0.1) is 5.92 Å². The molecule has 0 aromatic carbocycles. The summed E-state index contributed by atoms with van der Waals surface area (Å²) in [6.45, 7) is 0. The minimum Gasteiger partial charge on any atom is -0.292 e. The van der Waals surface area contributed by atoms with Gasteiger partial charge in [-0.2, -0.15) is 0 Å². The predicted octanol–water partition coefficient (Wildman–Crippen LogP) is 1.57. The molecular weight excluding hydrogens is 286 g/mol. The third-order valence-electron chi connectivity index (χ3n) is 3.27. The Bertz CT molecular complexity index is 678. The monoisotopic (exact) mass is 297 g/mol. The van der Waals surface area contributed by atoms with Crippen LogP contribution in [0.2, 0.25) is 0 Å². The summed E-state index contributed by atoms with van der Waals surface area (Å²) in [5, 5.41) is 1.64. The quantitative estimate of drug-likeness (QED) is 0.738. The van der Waals surface area contributed by atoms with E-state index in [1.807, 2.05) is 12.2 Å². The zero-order chi connectivity index (χ0) is 13.6. The molecule has 3 rings (SSSR count). The number of rotatable bonds is 1. The van der Waals surface area contributed by atoms with E-state index in [4.69, 9.17) is 0 Å². The summed E-state index contributed by atoms with van der Waals surface area (Å²) in [4.78, 5) is 24.5. The summed E-state index contributed by atoms with van der Waals surface area (Å²) in [6, 6.07) is 1.52. The number of sulfonamides is 1. The van der Waals surface area contributed by atoms with E-state index in [0.717, 1.165) is 4.31 Å². The number of thiophene rings is 1. The maximum atomic E-state index is 12.4. The highest BCUT2D eigenvalue weighted by atomic mass is 32.2. The average Bonchev–Trinajstić information content (AvgIpc) is 2.98. The first-order chi connectivity index (χ1) is 9.00. The molecule has 0 atom stereocenters. The molecule has 0 spiro atoms. The molecule has 100 valence electrons. The number of Topliss-reactive ketones (excluding diaryl/α,β-unsaturated/α-hetero) is 1. The molecule has 7 heteroatoms. The normalized spacial score (nSPS) is 21.7. The molecule has 0 saturated heterocycles. The zero-order valence-electron chi connectivity index (χ0n) is 9.90. The molecule has 1 aromatic rings. The second kappa shape index (κ2) is 4.28. The summed E-state index contributed by atoms with van der Waals surface area (Å²) < 4.78 is 25.1. The van der Waals surface area contributed by atoms with Gasteiger partial charge in [0.25, 0.3) is 0 Å². The topological polar surface area (TPSA) is 71.5 Å². The minimum atomic E-state index is -3.88. The molecule has 0 unspecified atom stereocenters. The van der Waals surface area contributed by atoms with Gasteiger partial charge in [-0.1, -0.05) is 12.2 Å². The van der Waals surface area contributed by atoms with Crippen molar-refractivity contribution in [3.8, 4) is 0 Å². The van der Waals surface area contributed by atoms with E-state index in [1.54, 1.807) is 5.38 Å². The summed E-state index contributed by atoms with van der Waals surface area (Å²) in [6.07, 6.45) is 4.86. The number of fused-ring (bicyclic) bond motifs is 1. The Morgan fingerprint density at radius 2 is 2.00 bits per heavy atom. The minimum absolute atomic E-state index is 0.221. The number of anilines is 1. The summed E-state index contributed by atoms with van der Waals surface area (Å²) in [7, 11) is -3.88. The third kappa shape index (κ3) is 1.93. The first-order valence-electron chi connectivity index (χ1n) is 5.83. The SMILES string of the molecule is O=C1CS(=O)(=O)N(C(=O)C2CC=CC2)c2ccsc21. The second-order valence-electron chi connectivity index (χ2n) is 4.56. The fraction of sp³-hybridized carbons (Fsp3) is 0.333. The Kier molecular flexibility index (Phi) is 2.83. The molecule has 0 N–H and O–H groups in total. The molecule has 0 saturated carbocycles. The van der Waals surface area contributed by atoms with E-state index in [0.29, 0.717) is 17.7 Å². The van der Waals surface area contributed by atoms with Gasteiger partial charge in [-0.05, 0) is 24.3 Å². The molecule has 0 bridgehead atoms. The van der Waals surface area contributed by atoms with Crippen LogP contribution in [0.15, 0.2) is 23.6 Å².